The molecule has 1 aliphatic heterocycles. The molecule has 0 saturated heterocycles. The monoisotopic (exact) mass is 418 g/mol. The van der Waals surface area contributed by atoms with Crippen molar-refractivity contribution >= 4 is 18.4 Å². The maximum Gasteiger partial charge on any atom is 0.266 e. The minimum absolute atomic E-state index is 0.416. The highest BCUT2D eigenvalue weighted by Crippen LogP contribution is 2.19. The number of anilines is 1. The van der Waals surface area contributed by atoms with Gasteiger partial charge in [-0.3, -0.25) is 0 Å². The molecule has 8 nitrogen and oxygen atoms in total. The molecular formula is C23H26N6O2. The molecule has 0 atom stereocenters. The van der Waals surface area contributed by atoms with Crippen LogP contribution in [0.5, 0.6) is 11.5 Å². The number of aryl methyl sites for hydroxylation is 1. The van der Waals surface area contributed by atoms with Crippen molar-refractivity contribution in [2.24, 2.45) is 10.2 Å². The summed E-state index contributed by atoms with van der Waals surface area (Å²) >= 11 is 0. The molecule has 160 valence electrons. The number of hydrogen-bond donors (Lipinski definition) is 1. The molecule has 1 aromatic heterocycles. The van der Waals surface area contributed by atoms with E-state index in [0.29, 0.717) is 25.0 Å². The summed E-state index contributed by atoms with van der Waals surface area (Å²) in [7, 11) is 0. The summed E-state index contributed by atoms with van der Waals surface area (Å²) in [6.07, 6.45) is 7.64. The predicted octanol–water partition coefficient (Wildman–Crippen LogP) is 4.25. The van der Waals surface area contributed by atoms with Gasteiger partial charge in [0.25, 0.3) is 5.95 Å². The minimum atomic E-state index is 0.416. The number of aromatic nitrogens is 3. The Labute approximate surface area is 181 Å². The van der Waals surface area contributed by atoms with Gasteiger partial charge in [0.2, 0.25) is 0 Å². The Hall–Kier alpha value is -3.68. The lowest BCUT2D eigenvalue weighted by molar-refractivity contribution is 0.287. The summed E-state index contributed by atoms with van der Waals surface area (Å²) in [4.78, 5) is 0. The van der Waals surface area contributed by atoms with Crippen LogP contribution in [0, 0.1) is 6.92 Å². The minimum Gasteiger partial charge on any atom is -0.493 e. The largest absolute Gasteiger partial charge is 0.493 e. The number of nitrogens with one attached hydrogen (secondary N) is 1. The fraction of sp³-hybridized carbons (Fsp3) is 0.304. The van der Waals surface area contributed by atoms with Gasteiger partial charge in [-0.25, -0.2) is 5.43 Å². The van der Waals surface area contributed by atoms with Crippen molar-refractivity contribution in [1.82, 2.24) is 14.9 Å². The van der Waals surface area contributed by atoms with Crippen LogP contribution in [0.4, 0.5) is 5.95 Å². The van der Waals surface area contributed by atoms with Gasteiger partial charge in [-0.2, -0.15) is 14.9 Å². The third kappa shape index (κ3) is 5.48. The number of rotatable bonds is 0. The molecule has 2 aromatic carbocycles. The van der Waals surface area contributed by atoms with Crippen molar-refractivity contribution in [3.63, 3.8) is 0 Å². The highest BCUT2D eigenvalue weighted by molar-refractivity contribution is 5.84. The number of ether oxygens (including phenoxy) is 2. The summed E-state index contributed by atoms with van der Waals surface area (Å²) in [6, 6.07) is 15.7. The molecule has 2 heterocycles. The third-order valence-corrected chi connectivity index (χ3v) is 4.87. The first-order chi connectivity index (χ1) is 15.3. The van der Waals surface area contributed by atoms with Gasteiger partial charge in [0.15, 0.2) is 5.82 Å². The molecule has 31 heavy (non-hydrogen) atoms. The summed E-state index contributed by atoms with van der Waals surface area (Å²) in [5.74, 6) is 2.67. The quantitative estimate of drug-likeness (QED) is 0.590. The predicted molar refractivity (Wildman–Crippen MR) is 121 cm³/mol. The second-order valence-corrected chi connectivity index (χ2v) is 7.18. The number of benzene rings is 2. The zero-order valence-corrected chi connectivity index (χ0v) is 17.6. The van der Waals surface area contributed by atoms with E-state index in [0.717, 1.165) is 48.3 Å². The number of hydrogen-bond acceptors (Lipinski definition) is 7. The van der Waals surface area contributed by atoms with E-state index in [4.69, 9.17) is 9.47 Å². The van der Waals surface area contributed by atoms with Gasteiger partial charge in [0.1, 0.15) is 11.5 Å². The van der Waals surface area contributed by atoms with Gasteiger partial charge in [-0.15, -0.1) is 10.2 Å². The molecule has 0 bridgehead atoms. The molecule has 0 amide bonds. The first kappa shape index (κ1) is 20.6. The molecule has 0 aliphatic carbocycles. The normalized spacial score (nSPS) is 17.1. The van der Waals surface area contributed by atoms with E-state index in [-0.39, 0.29) is 0 Å². The Kier molecular flexibility index (Phi) is 6.89. The van der Waals surface area contributed by atoms with Crippen molar-refractivity contribution < 1.29 is 9.47 Å². The van der Waals surface area contributed by atoms with E-state index in [1.165, 1.54) is 0 Å². The lowest BCUT2D eigenvalue weighted by atomic mass is 10.2. The fourth-order valence-corrected chi connectivity index (χ4v) is 3.20. The van der Waals surface area contributed by atoms with Crippen LogP contribution in [-0.4, -0.2) is 40.5 Å². The molecule has 0 spiro atoms. The highest BCUT2D eigenvalue weighted by atomic mass is 16.5. The maximum absolute atomic E-state index is 6.00. The fourth-order valence-electron chi connectivity index (χ4n) is 3.20. The lowest BCUT2D eigenvalue weighted by Gasteiger charge is -2.10. The van der Waals surface area contributed by atoms with Crippen LogP contribution in [0.3, 0.4) is 0 Å². The lowest BCUT2D eigenvalue weighted by Crippen LogP contribution is -2.03. The molecule has 8 heteroatoms. The van der Waals surface area contributed by atoms with Crippen LogP contribution in [-0.2, 0) is 0 Å². The molecule has 1 N–H and O–H groups in total. The first-order valence-electron chi connectivity index (χ1n) is 10.5. The van der Waals surface area contributed by atoms with Crippen molar-refractivity contribution in [3.05, 3.63) is 65.5 Å². The summed E-state index contributed by atoms with van der Waals surface area (Å²) in [5, 5.41) is 17.1. The Morgan fingerprint density at radius 1 is 0.774 bits per heavy atom. The number of nitrogens with zero attached hydrogens (tertiary/aromatic N) is 5. The first-order valence-corrected chi connectivity index (χ1v) is 10.5. The average molecular weight is 419 g/mol. The van der Waals surface area contributed by atoms with E-state index in [1.54, 1.807) is 17.1 Å². The Morgan fingerprint density at radius 2 is 1.39 bits per heavy atom. The maximum atomic E-state index is 6.00. The van der Waals surface area contributed by atoms with Crippen LogP contribution in [0.15, 0.2) is 58.7 Å². The van der Waals surface area contributed by atoms with Crippen LogP contribution in [0.25, 0.3) is 0 Å². The van der Waals surface area contributed by atoms with Gasteiger partial charge < -0.3 is 9.47 Å². The molecule has 0 saturated carbocycles. The van der Waals surface area contributed by atoms with Crippen LogP contribution in [0.1, 0.15) is 42.6 Å². The van der Waals surface area contributed by atoms with Gasteiger partial charge in [-0.1, -0.05) is 24.3 Å². The van der Waals surface area contributed by atoms with Crippen LogP contribution in [0.2, 0.25) is 0 Å². The molecule has 3 aromatic rings. The van der Waals surface area contributed by atoms with Crippen LogP contribution < -0.4 is 14.9 Å². The number of hydrazone groups is 1. The smallest absolute Gasteiger partial charge is 0.266 e. The highest BCUT2D eigenvalue weighted by Gasteiger charge is 2.08. The van der Waals surface area contributed by atoms with E-state index in [1.807, 2.05) is 55.5 Å². The molecule has 4 rings (SSSR count). The third-order valence-electron chi connectivity index (χ3n) is 4.87. The Balaban J connectivity index is 1.61. The zero-order chi connectivity index (χ0) is 21.3. The summed E-state index contributed by atoms with van der Waals surface area (Å²) in [5.41, 5.74) is 4.71. The van der Waals surface area contributed by atoms with Crippen molar-refractivity contribution in [1.29, 1.82) is 0 Å². The molecule has 0 unspecified atom stereocenters. The zero-order valence-electron chi connectivity index (χ0n) is 17.6. The second-order valence-electron chi connectivity index (χ2n) is 7.18. The average Bonchev–Trinajstić information content (AvgIpc) is 3.14. The number of fused-ring (bicyclic) bond motifs is 3. The van der Waals surface area contributed by atoms with Crippen LogP contribution >= 0.6 is 0 Å². The van der Waals surface area contributed by atoms with Crippen molar-refractivity contribution in [2.75, 3.05) is 18.6 Å². The molecule has 0 radical (unpaired) electrons. The standard InChI is InChI=1S/C23H26N6O2/c1-18-26-28-23-27-24-16-19-10-4-6-12-21(19)30-14-8-2-3-9-15-31-22-13-7-5-11-20(22)17-25-29(18)23/h4-7,10-13,16-17H,2-3,8-9,14-15H2,1H3,(H,27,28)/b24-16+,25-17+. The van der Waals surface area contributed by atoms with Crippen molar-refractivity contribution in [2.45, 2.75) is 32.6 Å². The van der Waals surface area contributed by atoms with Gasteiger partial charge in [0, 0.05) is 11.1 Å². The van der Waals surface area contributed by atoms with Gasteiger partial charge in [0.05, 0.1) is 25.6 Å². The summed E-state index contributed by atoms with van der Waals surface area (Å²) < 4.78 is 13.6. The van der Waals surface area contributed by atoms with E-state index in [9.17, 15) is 0 Å². The van der Waals surface area contributed by atoms with Crippen molar-refractivity contribution in [3.8, 4) is 11.5 Å². The van der Waals surface area contributed by atoms with E-state index >= 15 is 0 Å². The molecular weight excluding hydrogens is 392 g/mol. The van der Waals surface area contributed by atoms with E-state index < -0.39 is 0 Å². The topological polar surface area (TPSA) is 85.9 Å². The Morgan fingerprint density at radius 3 is 2.06 bits per heavy atom. The number of para-hydroxylation sites is 2. The van der Waals surface area contributed by atoms with Gasteiger partial charge >= 0.3 is 0 Å². The Bertz CT molecular complexity index is 1060. The molecule has 0 fully saturated rings. The SMILES string of the molecule is Cc1nnc2n1/N=C/c1ccccc1OCCCCCCOc1ccccc1/C=N/N2. The second kappa shape index (κ2) is 10.4. The van der Waals surface area contributed by atoms with E-state index in [2.05, 4.69) is 25.8 Å². The van der Waals surface area contributed by atoms with Gasteiger partial charge in [-0.05, 0) is 56.9 Å². The molecule has 1 aliphatic rings. The summed E-state index contributed by atoms with van der Waals surface area (Å²) in [6.45, 7) is 3.17.